The van der Waals surface area contributed by atoms with Crippen molar-refractivity contribution in [2.24, 2.45) is 0 Å². The number of piperazine rings is 4. The molecule has 12 aromatic heterocycles. The fourth-order valence-corrected chi connectivity index (χ4v) is 17.5. The quantitative estimate of drug-likeness (QED) is 0.0272. The van der Waals surface area contributed by atoms with E-state index >= 15 is 0 Å². The van der Waals surface area contributed by atoms with Crippen LogP contribution in [0.25, 0.3) is 67.1 Å². The van der Waals surface area contributed by atoms with Crippen LogP contribution in [0.15, 0.2) is 238 Å². The van der Waals surface area contributed by atoms with Gasteiger partial charge in [0.15, 0.2) is 22.6 Å². The Hall–Kier alpha value is -14.8. The van der Waals surface area contributed by atoms with Gasteiger partial charge in [-0.25, -0.2) is 19.9 Å². The number of furan rings is 4. The average Bonchev–Trinajstić information content (AvgIpc) is 1.64. The van der Waals surface area contributed by atoms with Crippen LogP contribution in [0, 0.1) is 0 Å². The molecule has 4 N–H and O–H groups in total. The van der Waals surface area contributed by atoms with Crippen molar-refractivity contribution in [1.82, 2.24) is 98.8 Å². The number of carbonyl (C=O) groups is 4. The lowest BCUT2D eigenvalue weighted by molar-refractivity contribution is -0.138. The molecule has 2 amide bonds. The minimum atomic E-state index is -0.693. The SMILES string of the molecule is CCCCC(=O)N1CCN(c2ccc(-c3cnc(CCc4ccco4)n4cnnc34)cc2)CC1.CCCCC(=O)O.CCCCCC(=O)N1CCN(c2ccc(-c3cnc(CCc4ccco4)n4cnnc34)cc2)CC1.CCCCCC(=O)O.c1coc(CCc2ncc(-c3ccc(N4CCNCC4)cc3)c3nncn23)c1.c1coc(CCc2ncc(-c3ccc(N4CCNCC4)cc3)c3nncn23)c1. The number of benzene rings is 4. The Morgan fingerprint density at radius 2 is 0.550 bits per heavy atom. The van der Waals surface area contributed by atoms with Crippen molar-refractivity contribution in [3.63, 3.8) is 0 Å². The Balaban J connectivity index is 0.000000135. The molecule has 4 aliphatic rings. The number of amides is 2. The number of aromatic nitrogens is 16. The van der Waals surface area contributed by atoms with E-state index in [1.165, 1.54) is 22.7 Å². The fraction of sp³-hybridized carbons (Fsp3) is 0.396. The lowest BCUT2D eigenvalue weighted by Gasteiger charge is -2.36. The number of hydrogen-bond acceptors (Lipinski definition) is 26. The summed E-state index contributed by atoms with van der Waals surface area (Å²) < 4.78 is 29.6. The number of carboxylic acids is 2. The van der Waals surface area contributed by atoms with Crippen molar-refractivity contribution in [2.45, 2.75) is 169 Å². The van der Waals surface area contributed by atoms with Gasteiger partial charge >= 0.3 is 11.9 Å². The summed E-state index contributed by atoms with van der Waals surface area (Å²) in [6.07, 6.45) is 39.4. The third-order valence-corrected chi connectivity index (χ3v) is 25.5. The first-order valence-electron chi connectivity index (χ1n) is 49.4. The largest absolute Gasteiger partial charge is 0.481 e. The van der Waals surface area contributed by atoms with Gasteiger partial charge in [0.1, 0.15) is 71.6 Å². The summed E-state index contributed by atoms with van der Waals surface area (Å²) in [5.74, 6) is 6.66. The van der Waals surface area contributed by atoms with Gasteiger partial charge < -0.3 is 67.9 Å². The van der Waals surface area contributed by atoms with E-state index in [0.29, 0.717) is 31.6 Å². The number of fused-ring (bicyclic) bond motifs is 4. The van der Waals surface area contributed by atoms with E-state index in [0.717, 1.165) is 334 Å². The molecule has 732 valence electrons. The summed E-state index contributed by atoms with van der Waals surface area (Å²) in [5, 5.41) is 56.9. The van der Waals surface area contributed by atoms with Gasteiger partial charge in [-0.2, -0.15) is 0 Å². The molecule has 20 rings (SSSR count). The van der Waals surface area contributed by atoms with Crippen molar-refractivity contribution in [1.29, 1.82) is 0 Å². The van der Waals surface area contributed by atoms with E-state index in [1.807, 2.05) is 108 Å². The van der Waals surface area contributed by atoms with Gasteiger partial charge in [-0.3, -0.25) is 36.8 Å². The number of anilines is 4. The first-order chi connectivity index (χ1) is 68.8. The van der Waals surface area contributed by atoms with Gasteiger partial charge in [0.25, 0.3) is 0 Å². The minimum Gasteiger partial charge on any atom is -0.481 e. The summed E-state index contributed by atoms with van der Waals surface area (Å²) in [4.78, 5) is 76.7. The second-order valence-corrected chi connectivity index (χ2v) is 35.1. The molecule has 16 heterocycles. The molecule has 4 saturated heterocycles. The second-order valence-electron chi connectivity index (χ2n) is 35.1. The van der Waals surface area contributed by atoms with Crippen molar-refractivity contribution in [3.05, 3.63) is 267 Å². The molecular weight excluding hydrogens is 1770 g/mol. The highest BCUT2D eigenvalue weighted by molar-refractivity contribution is 5.82. The average molecular weight is 1900 g/mol. The smallest absolute Gasteiger partial charge is 0.303 e. The normalized spacial score (nSPS) is 13.8. The van der Waals surface area contributed by atoms with Gasteiger partial charge in [-0.1, -0.05) is 115 Å². The molecule has 0 radical (unpaired) electrons. The number of nitrogens with one attached hydrogen (secondary N) is 2. The molecule has 0 bridgehead atoms. The molecular formula is C106H128N24O10. The van der Waals surface area contributed by atoms with Gasteiger partial charge in [0.2, 0.25) is 11.8 Å². The van der Waals surface area contributed by atoms with Crippen LogP contribution in [0.4, 0.5) is 22.7 Å². The number of nitrogens with zero attached hydrogens (tertiary/aromatic N) is 22. The fourth-order valence-electron chi connectivity index (χ4n) is 17.5. The maximum absolute atomic E-state index is 12.4. The number of aryl methyl sites for hydroxylation is 8. The van der Waals surface area contributed by atoms with E-state index in [-0.39, 0.29) is 5.91 Å². The van der Waals surface area contributed by atoms with Gasteiger partial charge in [0.05, 0.1) is 25.1 Å². The molecule has 4 aromatic carbocycles. The van der Waals surface area contributed by atoms with Gasteiger partial charge in [-0.15, -0.1) is 40.8 Å². The monoisotopic (exact) mass is 1900 g/mol. The molecule has 140 heavy (non-hydrogen) atoms. The third-order valence-electron chi connectivity index (χ3n) is 25.5. The van der Waals surface area contributed by atoms with Crippen LogP contribution in [0.3, 0.4) is 0 Å². The Morgan fingerprint density at radius 3 is 0.800 bits per heavy atom. The lowest BCUT2D eigenvalue weighted by atomic mass is 10.1. The topological polar surface area (TPSA) is 377 Å². The van der Waals surface area contributed by atoms with Crippen LogP contribution in [0.2, 0.25) is 0 Å². The highest BCUT2D eigenvalue weighted by atomic mass is 16.4. The van der Waals surface area contributed by atoms with Crippen LogP contribution >= 0.6 is 0 Å². The van der Waals surface area contributed by atoms with Crippen LogP contribution < -0.4 is 30.2 Å². The molecule has 16 aromatic rings. The van der Waals surface area contributed by atoms with Gasteiger partial charge in [-0.05, 0) is 145 Å². The maximum atomic E-state index is 12.4. The molecule has 0 atom stereocenters. The zero-order valence-electron chi connectivity index (χ0n) is 80.7. The van der Waals surface area contributed by atoms with E-state index in [1.54, 1.807) is 50.4 Å². The molecule has 0 aliphatic carbocycles. The number of aliphatic carboxylic acids is 2. The van der Waals surface area contributed by atoms with Crippen molar-refractivity contribution >= 4 is 69.1 Å². The van der Waals surface area contributed by atoms with Gasteiger partial charge in [0, 0.05) is 252 Å². The Kier molecular flexibility index (Phi) is 36.7. The molecule has 34 nitrogen and oxygen atoms in total. The van der Waals surface area contributed by atoms with Crippen LogP contribution in [-0.2, 0) is 70.5 Å². The molecule has 0 spiro atoms. The summed E-state index contributed by atoms with van der Waals surface area (Å²) in [5.41, 5.74) is 16.3. The third kappa shape index (κ3) is 27.4. The predicted octanol–water partition coefficient (Wildman–Crippen LogP) is 16.5. The molecule has 4 aliphatic heterocycles. The summed E-state index contributed by atoms with van der Waals surface area (Å²) in [6, 6.07) is 49.9. The first kappa shape index (κ1) is 99.7. The minimum absolute atomic E-state index is 0.286. The highest BCUT2D eigenvalue weighted by Crippen LogP contribution is 2.33. The van der Waals surface area contributed by atoms with E-state index in [2.05, 4.69) is 199 Å². The van der Waals surface area contributed by atoms with Crippen LogP contribution in [0.1, 0.15) is 164 Å². The van der Waals surface area contributed by atoms with E-state index in [9.17, 15) is 19.2 Å². The number of hydrogen-bond donors (Lipinski definition) is 4. The number of rotatable bonds is 34. The van der Waals surface area contributed by atoms with E-state index in [4.69, 9.17) is 37.8 Å². The molecule has 4 fully saturated rings. The van der Waals surface area contributed by atoms with E-state index < -0.39 is 11.9 Å². The van der Waals surface area contributed by atoms with Crippen molar-refractivity contribution < 1.29 is 47.1 Å². The predicted molar refractivity (Wildman–Crippen MR) is 540 cm³/mol. The summed E-state index contributed by atoms with van der Waals surface area (Å²) >= 11 is 0. The lowest BCUT2D eigenvalue weighted by Crippen LogP contribution is -2.48. The van der Waals surface area contributed by atoms with Crippen molar-refractivity contribution in [2.75, 3.05) is 124 Å². The van der Waals surface area contributed by atoms with Crippen LogP contribution in [-0.4, -0.2) is 227 Å². The van der Waals surface area contributed by atoms with Crippen LogP contribution in [0.5, 0.6) is 0 Å². The molecule has 34 heteroatoms. The standard InChI is InChI=1S/C27H32N6O2.C26H30N6O2.2C21H22N6O.C6H12O2.C5H10O2/c1-2-3-4-7-26(34)32-16-14-31(15-17-32)22-10-8-21(9-11-22)24-19-28-25(33-20-29-30-27(24)33)13-12-23-6-5-18-35-23;1-2-3-6-25(33)31-15-13-30(14-16-31)21-9-7-20(8-10-21)23-18-27-24(32-19-28-29-26(23)32)12-11-22-5-4-17-34-22;2*1-2-18(28-13-1)7-8-20-23-14-19(21-25-24-15-27(20)21)16-3-5-17(6-4-16)26-11-9-22-10-12-26;1-2-3-4-5-6(7)8;1-2-3-4-5(6)7/h5-6,8-11,18-20H,2-4,7,12-17H2,1H3;4-5,7-10,17-19H,2-3,6,11-16H2,1H3;2*1-6,13-15,22H,7-12H2;2-5H2,1H3,(H,7,8);2-4H2,1H3,(H,6,7). The Labute approximate surface area is 815 Å². The maximum Gasteiger partial charge on any atom is 0.303 e. The zero-order chi connectivity index (χ0) is 97.0. The molecule has 0 unspecified atom stereocenters. The number of carbonyl (C=O) groups excluding carboxylic acids is 2. The Bertz CT molecular complexity index is 6260. The number of unbranched alkanes of at least 4 members (excludes halogenated alkanes) is 6. The Morgan fingerprint density at radius 1 is 0.300 bits per heavy atom. The van der Waals surface area contributed by atoms with Crippen molar-refractivity contribution in [3.8, 4) is 44.5 Å². The summed E-state index contributed by atoms with van der Waals surface area (Å²) in [7, 11) is 0. The molecule has 0 saturated carbocycles. The highest BCUT2D eigenvalue weighted by Gasteiger charge is 2.26. The summed E-state index contributed by atoms with van der Waals surface area (Å²) in [6.45, 7) is 23.2. The zero-order valence-corrected chi connectivity index (χ0v) is 80.7. The first-order valence-corrected chi connectivity index (χ1v) is 49.4. The number of carboxylic acid groups (broad SMARTS) is 2. The second kappa shape index (κ2) is 51.6.